The monoisotopic (exact) mass is 380 g/mol. The van der Waals surface area contributed by atoms with Crippen molar-refractivity contribution < 1.29 is 13.5 Å². The Kier molecular flexibility index (Phi) is 3.58. The molecule has 0 bridgehead atoms. The summed E-state index contributed by atoms with van der Waals surface area (Å²) in [7, 11) is -3.25. The molecule has 1 aliphatic carbocycles. The molecule has 5 nitrogen and oxygen atoms in total. The van der Waals surface area contributed by atoms with E-state index < -0.39 is 15.9 Å². The molecule has 6 heteroatoms. The molecule has 1 N–H and O–H groups in total. The number of benzene rings is 2. The smallest absolute Gasteiger partial charge is 0.175 e. The molecule has 138 valence electrons. The predicted molar refractivity (Wildman–Crippen MR) is 102 cm³/mol. The van der Waals surface area contributed by atoms with E-state index in [0.29, 0.717) is 4.90 Å². The average molecular weight is 380 g/mol. The summed E-state index contributed by atoms with van der Waals surface area (Å²) < 4.78 is 25.9. The first-order chi connectivity index (χ1) is 12.9. The SMILES string of the molecule is CS(=O)(=O)c1ccc2c(c1)CC[C@H]([C@H]1c3ccccc3-c3cncn31)[C@@H]2O. The summed E-state index contributed by atoms with van der Waals surface area (Å²) in [5, 5.41) is 11.2. The minimum atomic E-state index is -3.25. The summed E-state index contributed by atoms with van der Waals surface area (Å²) in [4.78, 5) is 4.63. The van der Waals surface area contributed by atoms with Crippen LogP contribution in [0.3, 0.4) is 0 Å². The van der Waals surface area contributed by atoms with E-state index in [1.54, 1.807) is 18.2 Å². The number of nitrogens with zero attached hydrogens (tertiary/aromatic N) is 2. The zero-order chi connectivity index (χ0) is 18.8. The number of aliphatic hydroxyl groups excluding tert-OH is 1. The van der Waals surface area contributed by atoms with Crippen LogP contribution in [0.25, 0.3) is 11.3 Å². The lowest BCUT2D eigenvalue weighted by molar-refractivity contribution is 0.0719. The van der Waals surface area contributed by atoms with Crippen molar-refractivity contribution >= 4 is 9.84 Å². The van der Waals surface area contributed by atoms with Crippen LogP contribution in [-0.2, 0) is 16.3 Å². The lowest BCUT2D eigenvalue weighted by Crippen LogP contribution is -2.28. The number of rotatable bonds is 2. The normalized spacial score (nSPS) is 23.6. The summed E-state index contributed by atoms with van der Waals surface area (Å²) >= 11 is 0. The van der Waals surface area contributed by atoms with Gasteiger partial charge in [0.05, 0.1) is 35.3 Å². The number of aryl methyl sites for hydroxylation is 1. The predicted octanol–water partition coefficient (Wildman–Crippen LogP) is 3.15. The largest absolute Gasteiger partial charge is 0.388 e. The number of sulfone groups is 1. The molecule has 5 rings (SSSR count). The molecule has 0 saturated heterocycles. The van der Waals surface area contributed by atoms with Crippen LogP contribution < -0.4 is 0 Å². The lowest BCUT2D eigenvalue weighted by atomic mass is 9.76. The first-order valence-corrected chi connectivity index (χ1v) is 11.0. The summed E-state index contributed by atoms with van der Waals surface area (Å²) in [5.74, 6) is 0.0122. The van der Waals surface area contributed by atoms with Gasteiger partial charge in [0, 0.05) is 17.7 Å². The highest BCUT2D eigenvalue weighted by molar-refractivity contribution is 7.90. The van der Waals surface area contributed by atoms with E-state index in [2.05, 4.69) is 21.7 Å². The molecule has 0 fully saturated rings. The average Bonchev–Trinajstić information content (AvgIpc) is 3.22. The molecule has 1 aliphatic heterocycles. The highest BCUT2D eigenvalue weighted by Gasteiger charge is 2.40. The van der Waals surface area contributed by atoms with Crippen molar-refractivity contribution in [3.63, 3.8) is 0 Å². The first-order valence-electron chi connectivity index (χ1n) is 9.07. The van der Waals surface area contributed by atoms with Gasteiger partial charge in [-0.15, -0.1) is 0 Å². The molecular weight excluding hydrogens is 360 g/mol. The first kappa shape index (κ1) is 16.7. The highest BCUT2D eigenvalue weighted by Crippen LogP contribution is 2.49. The van der Waals surface area contributed by atoms with E-state index in [-0.39, 0.29) is 12.0 Å². The van der Waals surface area contributed by atoms with Gasteiger partial charge in [-0.2, -0.15) is 0 Å². The lowest BCUT2D eigenvalue weighted by Gasteiger charge is -2.35. The molecule has 0 amide bonds. The van der Waals surface area contributed by atoms with Crippen LogP contribution in [0.1, 0.15) is 35.3 Å². The van der Waals surface area contributed by atoms with Gasteiger partial charge in [-0.1, -0.05) is 30.3 Å². The molecule has 2 aliphatic rings. The van der Waals surface area contributed by atoms with Crippen molar-refractivity contribution in [1.82, 2.24) is 9.55 Å². The second-order valence-corrected chi connectivity index (χ2v) is 9.51. The zero-order valence-electron chi connectivity index (χ0n) is 14.9. The summed E-state index contributed by atoms with van der Waals surface area (Å²) in [5.41, 5.74) is 5.24. The van der Waals surface area contributed by atoms with Gasteiger partial charge in [0.15, 0.2) is 9.84 Å². The summed E-state index contributed by atoms with van der Waals surface area (Å²) in [6.07, 6.45) is 5.83. The standard InChI is InChI=1S/C21H20N2O3S/c1-27(25,26)14-7-9-15-13(10-14)6-8-18(21(15)24)20-17-5-3-2-4-16(17)19-11-22-12-23(19)20/h2-5,7,9-12,18,20-21,24H,6,8H2,1H3/t18-,20-,21-/m1/s1. The number of hydrogen-bond donors (Lipinski definition) is 1. The van der Waals surface area contributed by atoms with Gasteiger partial charge < -0.3 is 9.67 Å². The molecule has 0 spiro atoms. The third-order valence-electron chi connectivity index (χ3n) is 5.94. The van der Waals surface area contributed by atoms with Crippen molar-refractivity contribution in [2.75, 3.05) is 6.26 Å². The second kappa shape index (κ2) is 5.78. The van der Waals surface area contributed by atoms with E-state index >= 15 is 0 Å². The van der Waals surface area contributed by atoms with E-state index in [1.807, 2.05) is 24.7 Å². The fourth-order valence-electron chi connectivity index (χ4n) is 4.67. The molecule has 0 saturated carbocycles. The Bertz CT molecular complexity index is 1150. The van der Waals surface area contributed by atoms with Crippen LogP contribution in [0.2, 0.25) is 0 Å². The van der Waals surface area contributed by atoms with E-state index in [9.17, 15) is 13.5 Å². The van der Waals surface area contributed by atoms with Crippen LogP contribution >= 0.6 is 0 Å². The van der Waals surface area contributed by atoms with Crippen LogP contribution in [0.5, 0.6) is 0 Å². The van der Waals surface area contributed by atoms with Crippen LogP contribution in [0.4, 0.5) is 0 Å². The maximum Gasteiger partial charge on any atom is 0.175 e. The van der Waals surface area contributed by atoms with Gasteiger partial charge in [0.2, 0.25) is 0 Å². The molecule has 3 aromatic rings. The van der Waals surface area contributed by atoms with Gasteiger partial charge in [0.1, 0.15) is 0 Å². The molecule has 3 atom stereocenters. The van der Waals surface area contributed by atoms with Crippen molar-refractivity contribution in [2.24, 2.45) is 5.92 Å². The van der Waals surface area contributed by atoms with Crippen molar-refractivity contribution in [1.29, 1.82) is 0 Å². The van der Waals surface area contributed by atoms with Gasteiger partial charge in [-0.25, -0.2) is 13.4 Å². The highest BCUT2D eigenvalue weighted by atomic mass is 32.2. The Morgan fingerprint density at radius 1 is 1.15 bits per heavy atom. The molecule has 1 aromatic heterocycles. The number of imidazole rings is 1. The van der Waals surface area contributed by atoms with Gasteiger partial charge >= 0.3 is 0 Å². The van der Waals surface area contributed by atoms with Crippen molar-refractivity contribution in [3.8, 4) is 11.3 Å². The zero-order valence-corrected chi connectivity index (χ0v) is 15.7. The second-order valence-electron chi connectivity index (χ2n) is 7.50. The number of aromatic nitrogens is 2. The van der Waals surface area contributed by atoms with Gasteiger partial charge in [-0.05, 0) is 41.7 Å². The molecule has 0 unspecified atom stereocenters. The van der Waals surface area contributed by atoms with Crippen LogP contribution in [0, 0.1) is 5.92 Å². The van der Waals surface area contributed by atoms with Crippen LogP contribution in [0.15, 0.2) is 59.9 Å². The third-order valence-corrected chi connectivity index (χ3v) is 7.05. The Morgan fingerprint density at radius 3 is 2.78 bits per heavy atom. The maximum atomic E-state index is 11.8. The fraction of sp³-hybridized carbons (Fsp3) is 0.286. The molecule has 2 aromatic carbocycles. The Balaban J connectivity index is 1.57. The van der Waals surface area contributed by atoms with Crippen LogP contribution in [-0.4, -0.2) is 29.3 Å². The molecule has 2 heterocycles. The van der Waals surface area contributed by atoms with E-state index in [0.717, 1.165) is 29.7 Å². The fourth-order valence-corrected chi connectivity index (χ4v) is 5.34. The summed E-state index contributed by atoms with van der Waals surface area (Å²) in [6, 6.07) is 13.4. The quantitative estimate of drug-likeness (QED) is 0.741. The molecule has 27 heavy (non-hydrogen) atoms. The minimum absolute atomic E-state index is 0.0122. The molecular formula is C21H20N2O3S. The Hall–Kier alpha value is -2.44. The van der Waals surface area contributed by atoms with Crippen molar-refractivity contribution in [2.45, 2.75) is 29.9 Å². The summed E-state index contributed by atoms with van der Waals surface area (Å²) in [6.45, 7) is 0. The molecule has 0 radical (unpaired) electrons. The van der Waals surface area contributed by atoms with Gasteiger partial charge in [0.25, 0.3) is 0 Å². The number of hydrogen-bond acceptors (Lipinski definition) is 4. The Labute approximate surface area is 158 Å². The third kappa shape index (κ3) is 2.47. The maximum absolute atomic E-state index is 11.8. The minimum Gasteiger partial charge on any atom is -0.388 e. The number of aliphatic hydroxyl groups is 1. The number of fused-ring (bicyclic) bond motifs is 4. The van der Waals surface area contributed by atoms with E-state index in [1.165, 1.54) is 17.4 Å². The van der Waals surface area contributed by atoms with Gasteiger partial charge in [-0.3, -0.25) is 0 Å². The topological polar surface area (TPSA) is 72.2 Å². The van der Waals surface area contributed by atoms with E-state index in [4.69, 9.17) is 0 Å². The van der Waals surface area contributed by atoms with Crippen molar-refractivity contribution in [3.05, 3.63) is 71.7 Å². The Morgan fingerprint density at radius 2 is 1.96 bits per heavy atom.